The number of ketones is 1. The van der Waals surface area contributed by atoms with Crippen LogP contribution in [-0.4, -0.2) is 31.6 Å². The van der Waals surface area contributed by atoms with Gasteiger partial charge in [-0.3, -0.25) is 4.79 Å². The highest BCUT2D eigenvalue weighted by atomic mass is 32.2. The van der Waals surface area contributed by atoms with Crippen LogP contribution in [-0.2, 0) is 21.0 Å². The topological polar surface area (TPSA) is 54.5 Å². The maximum absolute atomic E-state index is 14.3. The molecular formula is C26H18F5NO3S. The van der Waals surface area contributed by atoms with Crippen molar-refractivity contribution in [3.63, 3.8) is 0 Å². The molecule has 36 heavy (non-hydrogen) atoms. The number of carbonyl (C=O) groups excluding carboxylic acids is 1. The predicted octanol–water partition coefficient (Wildman–Crippen LogP) is 5.72. The predicted molar refractivity (Wildman–Crippen MR) is 124 cm³/mol. The normalized spacial score (nSPS) is 17.6. The lowest BCUT2D eigenvalue weighted by Gasteiger charge is -2.29. The zero-order valence-electron chi connectivity index (χ0n) is 18.5. The Morgan fingerprint density at radius 2 is 1.17 bits per heavy atom. The van der Waals surface area contributed by atoms with Gasteiger partial charge in [-0.2, -0.15) is 17.5 Å². The van der Waals surface area contributed by atoms with Gasteiger partial charge in [-0.05, 0) is 48.6 Å². The van der Waals surface area contributed by atoms with E-state index in [1.165, 1.54) is 60.7 Å². The first kappa shape index (κ1) is 25.5. The van der Waals surface area contributed by atoms with Crippen LogP contribution >= 0.6 is 0 Å². The number of sulfonamides is 1. The van der Waals surface area contributed by atoms with E-state index in [2.05, 4.69) is 0 Å². The zero-order chi connectivity index (χ0) is 26.1. The van der Waals surface area contributed by atoms with Gasteiger partial charge in [-0.15, -0.1) is 0 Å². The number of piperidine rings is 1. The van der Waals surface area contributed by atoms with Gasteiger partial charge in [0.15, 0.2) is 5.78 Å². The average molecular weight is 519 g/mol. The lowest BCUT2D eigenvalue weighted by molar-refractivity contribution is -0.137. The summed E-state index contributed by atoms with van der Waals surface area (Å²) in [7, 11) is -4.37. The minimum Gasteiger partial charge on any atom is -0.289 e. The number of benzene rings is 3. The lowest BCUT2D eigenvalue weighted by atomic mass is 9.95. The monoisotopic (exact) mass is 519 g/mol. The molecular weight excluding hydrogens is 501 g/mol. The molecule has 3 aromatic carbocycles. The van der Waals surface area contributed by atoms with Crippen LogP contribution in [0.25, 0.3) is 12.2 Å². The Labute approximate surface area is 204 Å². The standard InChI is InChI=1S/C26H18F5NO3S/c27-23-7-3-1-5-17(23)13-19-15-32(16-20(25(19)33)14-18-6-2-4-8-24(18)28)36(34,35)22-11-9-21(10-12-22)26(29,30)31/h1-14H,15-16H2/b19-13+,20-14+. The Balaban J connectivity index is 1.79. The van der Waals surface area contributed by atoms with Gasteiger partial charge in [0.1, 0.15) is 11.6 Å². The van der Waals surface area contributed by atoms with Crippen LogP contribution in [0.4, 0.5) is 22.0 Å². The fraction of sp³-hybridized carbons (Fsp3) is 0.115. The highest BCUT2D eigenvalue weighted by Crippen LogP contribution is 2.32. The van der Waals surface area contributed by atoms with Gasteiger partial charge < -0.3 is 0 Å². The highest BCUT2D eigenvalue weighted by molar-refractivity contribution is 7.89. The molecule has 3 aromatic rings. The summed E-state index contributed by atoms with van der Waals surface area (Å²) in [6.07, 6.45) is -2.23. The molecule has 0 spiro atoms. The fourth-order valence-corrected chi connectivity index (χ4v) is 5.10. The Kier molecular flexibility index (Phi) is 6.92. The summed E-state index contributed by atoms with van der Waals surface area (Å²) >= 11 is 0. The van der Waals surface area contributed by atoms with Gasteiger partial charge in [0.05, 0.1) is 10.5 Å². The largest absolute Gasteiger partial charge is 0.416 e. The van der Waals surface area contributed by atoms with Crippen molar-refractivity contribution < 1.29 is 35.2 Å². The Morgan fingerprint density at radius 3 is 1.58 bits per heavy atom. The number of alkyl halides is 3. The molecule has 4 nitrogen and oxygen atoms in total. The van der Waals surface area contributed by atoms with E-state index in [4.69, 9.17) is 0 Å². The molecule has 0 N–H and O–H groups in total. The number of carbonyl (C=O) groups is 1. The third-order valence-electron chi connectivity index (χ3n) is 5.57. The van der Waals surface area contributed by atoms with E-state index in [1.54, 1.807) is 0 Å². The first-order valence-corrected chi connectivity index (χ1v) is 12.0. The number of nitrogens with zero attached hydrogens (tertiary/aromatic N) is 1. The van der Waals surface area contributed by atoms with Crippen molar-refractivity contribution in [2.24, 2.45) is 0 Å². The molecule has 10 heteroatoms. The number of halogens is 5. The smallest absolute Gasteiger partial charge is 0.289 e. The highest BCUT2D eigenvalue weighted by Gasteiger charge is 2.36. The second-order valence-corrected chi connectivity index (χ2v) is 9.94. The third kappa shape index (κ3) is 5.29. The Hall–Kier alpha value is -3.63. The maximum Gasteiger partial charge on any atom is 0.416 e. The molecule has 1 heterocycles. The van der Waals surface area contributed by atoms with E-state index in [1.807, 2.05) is 0 Å². The van der Waals surface area contributed by atoms with Crippen molar-refractivity contribution in [3.05, 3.63) is 112 Å². The molecule has 1 aliphatic rings. The Morgan fingerprint density at radius 1 is 0.722 bits per heavy atom. The summed E-state index contributed by atoms with van der Waals surface area (Å²) < 4.78 is 94.8. The van der Waals surface area contributed by atoms with E-state index in [9.17, 15) is 35.2 Å². The van der Waals surface area contributed by atoms with Gasteiger partial charge >= 0.3 is 6.18 Å². The zero-order valence-corrected chi connectivity index (χ0v) is 19.3. The first-order valence-electron chi connectivity index (χ1n) is 10.6. The second-order valence-electron chi connectivity index (χ2n) is 8.01. The lowest BCUT2D eigenvalue weighted by Crippen LogP contribution is -2.41. The summed E-state index contributed by atoms with van der Waals surface area (Å²) in [5.74, 6) is -1.87. The third-order valence-corrected chi connectivity index (χ3v) is 7.37. The van der Waals surface area contributed by atoms with E-state index in [0.717, 1.165) is 16.4 Å². The molecule has 0 amide bonds. The SMILES string of the molecule is O=C1/C(=C/c2ccccc2F)CN(S(=O)(=O)c2ccc(C(F)(F)F)cc2)C/C1=C\c1ccccc1F. The van der Waals surface area contributed by atoms with Crippen LogP contribution in [0, 0.1) is 11.6 Å². The van der Waals surface area contributed by atoms with Gasteiger partial charge in [-0.1, -0.05) is 36.4 Å². The van der Waals surface area contributed by atoms with Gasteiger partial charge in [-0.25, -0.2) is 17.2 Å². The molecule has 0 unspecified atom stereocenters. The van der Waals surface area contributed by atoms with Crippen LogP contribution < -0.4 is 0 Å². The van der Waals surface area contributed by atoms with Crippen molar-refractivity contribution in [1.29, 1.82) is 0 Å². The number of hydrogen-bond acceptors (Lipinski definition) is 3. The minimum absolute atomic E-state index is 0.0415. The van der Waals surface area contributed by atoms with Crippen molar-refractivity contribution in [3.8, 4) is 0 Å². The first-order chi connectivity index (χ1) is 17.0. The molecule has 186 valence electrons. The number of rotatable bonds is 4. The van der Waals surface area contributed by atoms with Gasteiger partial charge in [0, 0.05) is 35.4 Å². The van der Waals surface area contributed by atoms with Crippen molar-refractivity contribution in [1.82, 2.24) is 4.31 Å². The van der Waals surface area contributed by atoms with Crippen molar-refractivity contribution in [2.45, 2.75) is 11.1 Å². The molecule has 0 radical (unpaired) electrons. The second kappa shape index (κ2) is 9.79. The number of hydrogen-bond donors (Lipinski definition) is 0. The van der Waals surface area contributed by atoms with Crippen LogP contribution in [0.2, 0.25) is 0 Å². The van der Waals surface area contributed by atoms with Gasteiger partial charge in [0.2, 0.25) is 10.0 Å². The Bertz CT molecular complexity index is 1410. The summed E-state index contributed by atoms with van der Waals surface area (Å²) in [4.78, 5) is 12.8. The van der Waals surface area contributed by atoms with Gasteiger partial charge in [0.25, 0.3) is 0 Å². The quantitative estimate of drug-likeness (QED) is 0.327. The van der Waals surface area contributed by atoms with Crippen molar-refractivity contribution >= 4 is 28.0 Å². The average Bonchev–Trinajstić information content (AvgIpc) is 2.83. The van der Waals surface area contributed by atoms with E-state index in [-0.39, 0.29) is 22.3 Å². The summed E-state index contributed by atoms with van der Waals surface area (Å²) in [6.45, 7) is -0.906. The van der Waals surface area contributed by atoms with Crippen LogP contribution in [0.15, 0.2) is 88.8 Å². The fourth-order valence-electron chi connectivity index (χ4n) is 3.70. The maximum atomic E-state index is 14.3. The number of Topliss-reactive ketones (excluding diaryl/α,β-unsaturated/α-hetero) is 1. The molecule has 0 bridgehead atoms. The molecule has 0 aliphatic carbocycles. The van der Waals surface area contributed by atoms with E-state index < -0.39 is 57.2 Å². The molecule has 0 aromatic heterocycles. The summed E-state index contributed by atoms with van der Waals surface area (Å²) in [5, 5.41) is 0. The summed E-state index contributed by atoms with van der Waals surface area (Å²) in [6, 6.07) is 14.1. The minimum atomic E-state index is -4.65. The molecule has 0 atom stereocenters. The van der Waals surface area contributed by atoms with E-state index in [0.29, 0.717) is 12.1 Å². The van der Waals surface area contributed by atoms with Crippen LogP contribution in [0.3, 0.4) is 0 Å². The molecule has 0 saturated carbocycles. The van der Waals surface area contributed by atoms with Crippen LogP contribution in [0.1, 0.15) is 16.7 Å². The summed E-state index contributed by atoms with van der Waals surface area (Å²) in [5.41, 5.74) is -1.09. The van der Waals surface area contributed by atoms with Crippen molar-refractivity contribution in [2.75, 3.05) is 13.1 Å². The molecule has 4 rings (SSSR count). The molecule has 1 aliphatic heterocycles. The van der Waals surface area contributed by atoms with Crippen LogP contribution in [0.5, 0.6) is 0 Å². The molecule has 1 saturated heterocycles. The molecule has 1 fully saturated rings. The van der Waals surface area contributed by atoms with E-state index >= 15 is 0 Å².